The lowest BCUT2D eigenvalue weighted by molar-refractivity contribution is 0.358. The largest absolute Gasteiger partial charge is 0.481 e. The third-order valence-corrected chi connectivity index (χ3v) is 4.55. The normalized spacial score (nSPS) is 23.1. The monoisotopic (exact) mass is 252 g/mol. The Morgan fingerprint density at radius 2 is 2.29 bits per heavy atom. The van der Waals surface area contributed by atoms with Crippen LogP contribution >= 0.6 is 11.8 Å². The summed E-state index contributed by atoms with van der Waals surface area (Å²) in [6, 6.07) is 4.46. The van der Waals surface area contributed by atoms with Crippen molar-refractivity contribution in [3.8, 4) is 5.88 Å². The van der Waals surface area contributed by atoms with Crippen LogP contribution < -0.4 is 10.1 Å². The molecule has 0 saturated carbocycles. The van der Waals surface area contributed by atoms with Gasteiger partial charge in [-0.2, -0.15) is 11.8 Å². The van der Waals surface area contributed by atoms with Crippen molar-refractivity contribution in [1.82, 2.24) is 4.98 Å². The summed E-state index contributed by atoms with van der Waals surface area (Å²) in [5.41, 5.74) is 1.51. The van der Waals surface area contributed by atoms with E-state index in [0.717, 1.165) is 5.69 Å². The van der Waals surface area contributed by atoms with E-state index in [4.69, 9.17) is 4.74 Å². The maximum atomic E-state index is 5.05. The summed E-state index contributed by atoms with van der Waals surface area (Å²) in [5.74, 6) is 3.09. The summed E-state index contributed by atoms with van der Waals surface area (Å²) < 4.78 is 5.05. The second-order valence-electron chi connectivity index (χ2n) is 5.31. The number of thioether (sulfide) groups is 1. The van der Waals surface area contributed by atoms with Crippen molar-refractivity contribution in [2.24, 2.45) is 5.41 Å². The zero-order valence-corrected chi connectivity index (χ0v) is 11.5. The highest BCUT2D eigenvalue weighted by Gasteiger charge is 2.28. The van der Waals surface area contributed by atoms with Crippen LogP contribution in [-0.2, 0) is 0 Å². The number of nitrogens with zero attached hydrogens (tertiary/aromatic N) is 1. The maximum absolute atomic E-state index is 5.05. The van der Waals surface area contributed by atoms with Crippen molar-refractivity contribution < 1.29 is 4.74 Å². The molecule has 1 saturated heterocycles. The molecule has 0 spiro atoms. The lowest BCUT2D eigenvalue weighted by Crippen LogP contribution is -2.35. The number of pyridine rings is 1. The first-order valence-electron chi connectivity index (χ1n) is 5.93. The number of hydrogen-bond acceptors (Lipinski definition) is 4. The van der Waals surface area contributed by atoms with Gasteiger partial charge in [-0.05, 0) is 23.7 Å². The fourth-order valence-corrected chi connectivity index (χ4v) is 3.45. The number of methoxy groups -OCH3 is 1. The molecule has 2 heterocycles. The van der Waals surface area contributed by atoms with E-state index in [0.29, 0.717) is 17.3 Å². The molecule has 2 rings (SSSR count). The zero-order valence-electron chi connectivity index (χ0n) is 10.7. The zero-order chi connectivity index (χ0) is 12.3. The summed E-state index contributed by atoms with van der Waals surface area (Å²) in [6.07, 6.45) is 3.05. The van der Waals surface area contributed by atoms with Gasteiger partial charge in [0.1, 0.15) is 0 Å². The number of rotatable bonds is 3. The molecule has 1 atom stereocenters. The molecule has 0 aromatic carbocycles. The molecule has 4 heteroatoms. The van der Waals surface area contributed by atoms with Crippen LogP contribution in [0.5, 0.6) is 5.88 Å². The lowest BCUT2D eigenvalue weighted by Gasteiger charge is -2.35. The van der Waals surface area contributed by atoms with Crippen LogP contribution in [0.2, 0.25) is 0 Å². The Morgan fingerprint density at radius 1 is 1.47 bits per heavy atom. The fourth-order valence-electron chi connectivity index (χ4n) is 2.18. The molecule has 0 bridgehead atoms. The van der Waals surface area contributed by atoms with Gasteiger partial charge in [0.2, 0.25) is 5.88 Å². The maximum Gasteiger partial charge on any atom is 0.213 e. The van der Waals surface area contributed by atoms with Crippen molar-refractivity contribution >= 4 is 17.4 Å². The van der Waals surface area contributed by atoms with Crippen molar-refractivity contribution in [2.75, 3.05) is 23.9 Å². The van der Waals surface area contributed by atoms with Crippen LogP contribution in [-0.4, -0.2) is 29.6 Å². The van der Waals surface area contributed by atoms with E-state index in [1.165, 1.54) is 17.9 Å². The first kappa shape index (κ1) is 12.6. The molecule has 1 aliphatic heterocycles. The van der Waals surface area contributed by atoms with E-state index in [-0.39, 0.29) is 0 Å². The third kappa shape index (κ3) is 3.53. The molecule has 94 valence electrons. The summed E-state index contributed by atoms with van der Waals surface area (Å²) >= 11 is 2.03. The standard InChI is InChI=1S/C13H20N2OS/c1-13(2)6-11(8-17-9-13)15-10-4-5-12(16-3)14-7-10/h4-5,7,11,15H,6,8-9H2,1-3H3. The average molecular weight is 252 g/mol. The van der Waals surface area contributed by atoms with Crippen LogP contribution in [0.25, 0.3) is 0 Å². The summed E-state index contributed by atoms with van der Waals surface area (Å²) in [7, 11) is 1.63. The van der Waals surface area contributed by atoms with Gasteiger partial charge in [-0.1, -0.05) is 13.8 Å². The number of ether oxygens (including phenoxy) is 1. The van der Waals surface area contributed by atoms with Crippen molar-refractivity contribution in [3.63, 3.8) is 0 Å². The van der Waals surface area contributed by atoms with Gasteiger partial charge in [-0.15, -0.1) is 0 Å². The highest BCUT2D eigenvalue weighted by Crippen LogP contribution is 2.34. The molecule has 1 N–H and O–H groups in total. The van der Waals surface area contributed by atoms with Gasteiger partial charge in [-0.25, -0.2) is 4.98 Å². The number of hydrogen-bond donors (Lipinski definition) is 1. The Balaban J connectivity index is 1.95. The Kier molecular flexibility index (Phi) is 3.82. The predicted molar refractivity (Wildman–Crippen MR) is 73.9 cm³/mol. The molecule has 17 heavy (non-hydrogen) atoms. The predicted octanol–water partition coefficient (Wildman–Crippen LogP) is 3.03. The summed E-state index contributed by atoms with van der Waals surface area (Å²) in [4.78, 5) is 4.21. The van der Waals surface area contributed by atoms with E-state index in [2.05, 4.69) is 24.1 Å². The van der Waals surface area contributed by atoms with Gasteiger partial charge >= 0.3 is 0 Å². The minimum Gasteiger partial charge on any atom is -0.481 e. The Hall–Kier alpha value is -0.900. The first-order chi connectivity index (χ1) is 8.09. The van der Waals surface area contributed by atoms with Crippen LogP contribution in [0.3, 0.4) is 0 Å². The lowest BCUT2D eigenvalue weighted by atomic mass is 9.88. The molecule has 0 aliphatic carbocycles. The Morgan fingerprint density at radius 3 is 2.88 bits per heavy atom. The second-order valence-corrected chi connectivity index (χ2v) is 6.34. The molecule has 1 aliphatic rings. The minimum absolute atomic E-state index is 0.431. The molecule has 0 amide bonds. The molecule has 1 aromatic rings. The Labute approximate surface area is 107 Å². The highest BCUT2D eigenvalue weighted by molar-refractivity contribution is 7.99. The van der Waals surface area contributed by atoms with E-state index in [9.17, 15) is 0 Å². The fraction of sp³-hybridized carbons (Fsp3) is 0.615. The molecule has 1 fully saturated rings. The quantitative estimate of drug-likeness (QED) is 0.896. The summed E-state index contributed by atoms with van der Waals surface area (Å²) in [5, 5.41) is 3.55. The average Bonchev–Trinajstić information content (AvgIpc) is 2.29. The molecular weight excluding hydrogens is 232 g/mol. The summed E-state index contributed by atoms with van der Waals surface area (Å²) in [6.45, 7) is 4.67. The van der Waals surface area contributed by atoms with E-state index in [1.54, 1.807) is 7.11 Å². The van der Waals surface area contributed by atoms with Crippen LogP contribution in [0.4, 0.5) is 5.69 Å². The Bertz CT molecular complexity index is 364. The van der Waals surface area contributed by atoms with Gasteiger partial charge < -0.3 is 10.1 Å². The molecule has 1 aromatic heterocycles. The van der Waals surface area contributed by atoms with E-state index >= 15 is 0 Å². The second kappa shape index (κ2) is 5.17. The number of aromatic nitrogens is 1. The van der Waals surface area contributed by atoms with Gasteiger partial charge in [0.15, 0.2) is 0 Å². The number of nitrogens with one attached hydrogen (secondary N) is 1. The molecule has 0 radical (unpaired) electrons. The molecule has 1 unspecified atom stereocenters. The van der Waals surface area contributed by atoms with E-state index < -0.39 is 0 Å². The SMILES string of the molecule is COc1ccc(NC2CSCC(C)(C)C2)cn1. The van der Waals surface area contributed by atoms with Crippen LogP contribution in [0, 0.1) is 5.41 Å². The van der Waals surface area contributed by atoms with Gasteiger partial charge in [0.05, 0.1) is 19.0 Å². The van der Waals surface area contributed by atoms with E-state index in [1.807, 2.05) is 30.1 Å². The molecule has 3 nitrogen and oxygen atoms in total. The minimum atomic E-state index is 0.431. The van der Waals surface area contributed by atoms with Gasteiger partial charge in [0.25, 0.3) is 0 Å². The number of anilines is 1. The third-order valence-electron chi connectivity index (χ3n) is 2.93. The van der Waals surface area contributed by atoms with Crippen molar-refractivity contribution in [1.29, 1.82) is 0 Å². The topological polar surface area (TPSA) is 34.1 Å². The van der Waals surface area contributed by atoms with Gasteiger partial charge in [0, 0.05) is 17.9 Å². The van der Waals surface area contributed by atoms with Crippen molar-refractivity contribution in [3.05, 3.63) is 18.3 Å². The first-order valence-corrected chi connectivity index (χ1v) is 7.09. The van der Waals surface area contributed by atoms with Crippen LogP contribution in [0.1, 0.15) is 20.3 Å². The van der Waals surface area contributed by atoms with Crippen LogP contribution in [0.15, 0.2) is 18.3 Å². The van der Waals surface area contributed by atoms with Gasteiger partial charge in [-0.3, -0.25) is 0 Å². The highest BCUT2D eigenvalue weighted by atomic mass is 32.2. The molecular formula is C13H20N2OS. The van der Waals surface area contributed by atoms with Crippen molar-refractivity contribution in [2.45, 2.75) is 26.3 Å². The smallest absolute Gasteiger partial charge is 0.213 e.